The zero-order chi connectivity index (χ0) is 22.7. The fourth-order valence-corrected chi connectivity index (χ4v) is 4.25. The summed E-state index contributed by atoms with van der Waals surface area (Å²) in [5.74, 6) is 0.156. The number of hydrogen-bond acceptors (Lipinski definition) is 3. The number of aromatic nitrogens is 1. The van der Waals surface area contributed by atoms with Gasteiger partial charge in [0.25, 0.3) is 0 Å². The Balaban J connectivity index is 1.61. The van der Waals surface area contributed by atoms with Crippen LogP contribution in [0.3, 0.4) is 0 Å². The van der Waals surface area contributed by atoms with E-state index in [1.807, 2.05) is 65.6 Å². The van der Waals surface area contributed by atoms with Gasteiger partial charge in [0.15, 0.2) is 0 Å². The van der Waals surface area contributed by atoms with Gasteiger partial charge in [0.05, 0.1) is 24.1 Å². The molecule has 2 heterocycles. The standard InChI is InChI=1S/C25H24F3N3O/c1-17-14-20(25(26,27)28)16-22(29-17)30-21-12-13-31(24(21)19-10-6-3-7-11-19)23(32)15-18-8-4-2-5-9-18/h2-11,14,16,21,24H,12-13,15H2,1H3,(H,29,30). The number of pyridine rings is 1. The Morgan fingerprint density at radius 1 is 1.06 bits per heavy atom. The van der Waals surface area contributed by atoms with Gasteiger partial charge in [0.1, 0.15) is 5.82 Å². The van der Waals surface area contributed by atoms with E-state index in [1.54, 1.807) is 6.92 Å². The number of nitrogens with one attached hydrogen (secondary N) is 1. The van der Waals surface area contributed by atoms with Crippen molar-refractivity contribution < 1.29 is 18.0 Å². The fourth-order valence-electron chi connectivity index (χ4n) is 4.25. The summed E-state index contributed by atoms with van der Waals surface area (Å²) >= 11 is 0. The first-order chi connectivity index (χ1) is 15.3. The summed E-state index contributed by atoms with van der Waals surface area (Å²) in [7, 11) is 0. The van der Waals surface area contributed by atoms with Gasteiger partial charge in [0.2, 0.25) is 5.91 Å². The lowest BCUT2D eigenvalue weighted by atomic mass is 9.99. The van der Waals surface area contributed by atoms with Crippen LogP contribution in [-0.4, -0.2) is 28.4 Å². The average molecular weight is 439 g/mol. The molecule has 4 rings (SSSR count). The summed E-state index contributed by atoms with van der Waals surface area (Å²) in [6, 6.07) is 20.6. The van der Waals surface area contributed by atoms with Crippen LogP contribution in [0.5, 0.6) is 0 Å². The molecule has 0 bridgehead atoms. The number of aryl methyl sites for hydroxylation is 1. The van der Waals surface area contributed by atoms with Crippen molar-refractivity contribution in [2.75, 3.05) is 11.9 Å². The van der Waals surface area contributed by atoms with E-state index in [-0.39, 0.29) is 35.9 Å². The van der Waals surface area contributed by atoms with Gasteiger partial charge in [-0.25, -0.2) is 4.98 Å². The third kappa shape index (κ3) is 4.93. The topological polar surface area (TPSA) is 45.2 Å². The highest BCUT2D eigenvalue weighted by Gasteiger charge is 2.38. The highest BCUT2D eigenvalue weighted by Crippen LogP contribution is 2.36. The molecule has 166 valence electrons. The van der Waals surface area contributed by atoms with Crippen LogP contribution in [-0.2, 0) is 17.4 Å². The minimum Gasteiger partial charge on any atom is -0.365 e. The first-order valence-electron chi connectivity index (χ1n) is 10.5. The number of likely N-dealkylation sites (tertiary alicyclic amines) is 1. The number of hydrogen-bond donors (Lipinski definition) is 1. The largest absolute Gasteiger partial charge is 0.416 e. The summed E-state index contributed by atoms with van der Waals surface area (Å²) in [6.45, 7) is 2.06. The molecule has 32 heavy (non-hydrogen) atoms. The van der Waals surface area contributed by atoms with Gasteiger partial charge in [-0.3, -0.25) is 4.79 Å². The third-order valence-electron chi connectivity index (χ3n) is 5.67. The minimum atomic E-state index is -4.45. The third-order valence-corrected chi connectivity index (χ3v) is 5.67. The minimum absolute atomic E-state index is 0.0115. The lowest BCUT2D eigenvalue weighted by Crippen LogP contribution is -2.36. The fraction of sp³-hybridized carbons (Fsp3) is 0.280. The van der Waals surface area contributed by atoms with Gasteiger partial charge in [-0.05, 0) is 36.6 Å². The van der Waals surface area contributed by atoms with Crippen molar-refractivity contribution >= 4 is 11.7 Å². The van der Waals surface area contributed by atoms with Crippen molar-refractivity contribution in [2.45, 2.75) is 38.0 Å². The van der Waals surface area contributed by atoms with Crippen molar-refractivity contribution in [1.82, 2.24) is 9.88 Å². The molecule has 2 aromatic carbocycles. The Morgan fingerprint density at radius 2 is 1.72 bits per heavy atom. The van der Waals surface area contributed by atoms with E-state index in [4.69, 9.17) is 0 Å². The second kappa shape index (κ2) is 9.02. The quantitative estimate of drug-likeness (QED) is 0.579. The molecule has 0 radical (unpaired) electrons. The molecule has 1 fully saturated rings. The number of rotatable bonds is 5. The number of carbonyl (C=O) groups is 1. The van der Waals surface area contributed by atoms with Crippen molar-refractivity contribution in [3.05, 3.63) is 95.2 Å². The van der Waals surface area contributed by atoms with Crippen LogP contribution in [0.15, 0.2) is 72.8 Å². The molecule has 0 saturated carbocycles. The van der Waals surface area contributed by atoms with Crippen LogP contribution >= 0.6 is 0 Å². The normalized spacial score (nSPS) is 18.6. The Hall–Kier alpha value is -3.35. The number of alkyl halides is 3. The Labute approximate surface area is 185 Å². The molecule has 0 spiro atoms. The first-order valence-corrected chi connectivity index (χ1v) is 10.5. The molecule has 7 heteroatoms. The molecule has 2 unspecified atom stereocenters. The Bertz CT molecular complexity index is 1070. The monoisotopic (exact) mass is 439 g/mol. The maximum absolute atomic E-state index is 13.3. The molecule has 0 aliphatic carbocycles. The lowest BCUT2D eigenvalue weighted by molar-refractivity contribution is -0.137. The number of halogens is 3. The summed E-state index contributed by atoms with van der Waals surface area (Å²) in [6.07, 6.45) is -3.56. The van der Waals surface area contributed by atoms with Crippen LogP contribution in [0.4, 0.5) is 19.0 Å². The lowest BCUT2D eigenvalue weighted by Gasteiger charge is -2.30. The van der Waals surface area contributed by atoms with Gasteiger partial charge in [-0.15, -0.1) is 0 Å². The van der Waals surface area contributed by atoms with Gasteiger partial charge in [-0.2, -0.15) is 13.2 Å². The molecular weight excluding hydrogens is 415 g/mol. The average Bonchev–Trinajstić information content (AvgIpc) is 3.17. The van der Waals surface area contributed by atoms with Crippen molar-refractivity contribution in [1.29, 1.82) is 0 Å². The summed E-state index contributed by atoms with van der Waals surface area (Å²) in [4.78, 5) is 19.3. The van der Waals surface area contributed by atoms with E-state index < -0.39 is 11.7 Å². The predicted molar refractivity (Wildman–Crippen MR) is 117 cm³/mol. The van der Waals surface area contributed by atoms with E-state index >= 15 is 0 Å². The molecular formula is C25H24F3N3O. The van der Waals surface area contributed by atoms with E-state index in [9.17, 15) is 18.0 Å². The van der Waals surface area contributed by atoms with Crippen LogP contribution in [0.2, 0.25) is 0 Å². The predicted octanol–water partition coefficient (Wildman–Crippen LogP) is 5.41. The molecule has 1 aliphatic rings. The smallest absolute Gasteiger partial charge is 0.365 e. The number of benzene rings is 2. The molecule has 1 aromatic heterocycles. The molecule has 1 amide bonds. The van der Waals surface area contributed by atoms with Gasteiger partial charge in [0, 0.05) is 12.2 Å². The Kier molecular flexibility index (Phi) is 6.17. The summed E-state index contributed by atoms with van der Waals surface area (Å²) < 4.78 is 39.8. The van der Waals surface area contributed by atoms with E-state index in [0.29, 0.717) is 13.0 Å². The van der Waals surface area contributed by atoms with E-state index in [2.05, 4.69) is 10.3 Å². The van der Waals surface area contributed by atoms with Gasteiger partial charge in [-0.1, -0.05) is 60.7 Å². The molecule has 1 saturated heterocycles. The SMILES string of the molecule is Cc1cc(C(F)(F)F)cc(NC2CCN(C(=O)Cc3ccccc3)C2c2ccccc2)n1. The molecule has 3 aromatic rings. The van der Waals surface area contributed by atoms with Crippen LogP contribution in [0, 0.1) is 6.92 Å². The van der Waals surface area contributed by atoms with E-state index in [0.717, 1.165) is 23.3 Å². The zero-order valence-corrected chi connectivity index (χ0v) is 17.6. The summed E-state index contributed by atoms with van der Waals surface area (Å²) in [5.41, 5.74) is 1.41. The highest BCUT2D eigenvalue weighted by molar-refractivity contribution is 5.80. The number of amides is 1. The van der Waals surface area contributed by atoms with Crippen molar-refractivity contribution in [2.24, 2.45) is 0 Å². The molecule has 1 N–H and O–H groups in total. The summed E-state index contributed by atoms with van der Waals surface area (Å²) in [5, 5.41) is 3.19. The van der Waals surface area contributed by atoms with Crippen molar-refractivity contribution in [3.8, 4) is 0 Å². The van der Waals surface area contributed by atoms with Crippen LogP contribution < -0.4 is 5.32 Å². The second-order valence-corrected chi connectivity index (χ2v) is 8.02. The second-order valence-electron chi connectivity index (χ2n) is 8.02. The first kappa shape index (κ1) is 21.9. The Morgan fingerprint density at radius 3 is 2.38 bits per heavy atom. The zero-order valence-electron chi connectivity index (χ0n) is 17.6. The van der Waals surface area contributed by atoms with Gasteiger partial charge < -0.3 is 10.2 Å². The van der Waals surface area contributed by atoms with Crippen LogP contribution in [0.25, 0.3) is 0 Å². The number of carbonyl (C=O) groups excluding carboxylic acids is 1. The number of anilines is 1. The number of nitrogens with zero attached hydrogens (tertiary/aromatic N) is 2. The highest BCUT2D eigenvalue weighted by atomic mass is 19.4. The molecule has 1 aliphatic heterocycles. The molecule has 2 atom stereocenters. The maximum Gasteiger partial charge on any atom is 0.416 e. The van der Waals surface area contributed by atoms with E-state index in [1.165, 1.54) is 0 Å². The maximum atomic E-state index is 13.3. The van der Waals surface area contributed by atoms with Crippen molar-refractivity contribution in [3.63, 3.8) is 0 Å². The van der Waals surface area contributed by atoms with Gasteiger partial charge >= 0.3 is 6.18 Å². The molecule has 4 nitrogen and oxygen atoms in total. The van der Waals surface area contributed by atoms with Crippen LogP contribution in [0.1, 0.15) is 34.8 Å².